The summed E-state index contributed by atoms with van der Waals surface area (Å²) >= 11 is 0. The van der Waals surface area contributed by atoms with E-state index in [9.17, 15) is 9.90 Å². The standard InChI is InChI=1S/C12H16N2O2/c1-14-6-2-3-8-10(14)5-4-9(12(8)16)11(15)7-13/h4-5,16H,2-3,6-7,13H2,1H3. The quantitative estimate of drug-likeness (QED) is 0.727. The van der Waals surface area contributed by atoms with Crippen molar-refractivity contribution in [1.82, 2.24) is 0 Å². The molecule has 1 heterocycles. The number of anilines is 1. The van der Waals surface area contributed by atoms with Crippen molar-refractivity contribution >= 4 is 11.5 Å². The highest BCUT2D eigenvalue weighted by Gasteiger charge is 2.21. The van der Waals surface area contributed by atoms with Gasteiger partial charge in [-0.3, -0.25) is 4.79 Å². The Balaban J connectivity index is 2.51. The Morgan fingerprint density at radius 2 is 2.31 bits per heavy atom. The van der Waals surface area contributed by atoms with E-state index in [1.807, 2.05) is 13.1 Å². The number of phenolic OH excluding ortho intramolecular Hbond substituents is 1. The SMILES string of the molecule is CN1CCCc2c1ccc(C(=O)CN)c2O. The van der Waals surface area contributed by atoms with Gasteiger partial charge in [-0.1, -0.05) is 0 Å². The highest BCUT2D eigenvalue weighted by molar-refractivity contribution is 6.01. The van der Waals surface area contributed by atoms with Crippen LogP contribution in [0.4, 0.5) is 5.69 Å². The van der Waals surface area contributed by atoms with Gasteiger partial charge in [0.25, 0.3) is 0 Å². The van der Waals surface area contributed by atoms with Gasteiger partial charge >= 0.3 is 0 Å². The average Bonchev–Trinajstić information content (AvgIpc) is 2.30. The monoisotopic (exact) mass is 220 g/mol. The summed E-state index contributed by atoms with van der Waals surface area (Å²) in [6.07, 6.45) is 1.81. The molecule has 0 unspecified atom stereocenters. The molecule has 4 heteroatoms. The summed E-state index contributed by atoms with van der Waals surface area (Å²) in [5.74, 6) is -0.104. The van der Waals surface area contributed by atoms with Crippen LogP contribution in [0.5, 0.6) is 5.75 Å². The van der Waals surface area contributed by atoms with Crippen molar-refractivity contribution in [3.05, 3.63) is 23.3 Å². The molecule has 86 valence electrons. The molecule has 0 saturated carbocycles. The van der Waals surface area contributed by atoms with Crippen LogP contribution in [0.1, 0.15) is 22.3 Å². The van der Waals surface area contributed by atoms with Gasteiger partial charge in [0.05, 0.1) is 12.1 Å². The number of hydrogen-bond acceptors (Lipinski definition) is 4. The molecule has 0 fully saturated rings. The highest BCUT2D eigenvalue weighted by atomic mass is 16.3. The van der Waals surface area contributed by atoms with E-state index in [-0.39, 0.29) is 18.1 Å². The predicted octanol–water partition coefficient (Wildman–Crippen LogP) is 0.916. The molecule has 1 aliphatic heterocycles. The van der Waals surface area contributed by atoms with Gasteiger partial charge in [0.2, 0.25) is 0 Å². The van der Waals surface area contributed by atoms with Crippen LogP contribution >= 0.6 is 0 Å². The fraction of sp³-hybridized carbons (Fsp3) is 0.417. The lowest BCUT2D eigenvalue weighted by Gasteiger charge is -2.28. The van der Waals surface area contributed by atoms with E-state index in [2.05, 4.69) is 4.90 Å². The van der Waals surface area contributed by atoms with E-state index < -0.39 is 0 Å². The summed E-state index contributed by atoms with van der Waals surface area (Å²) in [4.78, 5) is 13.6. The molecule has 2 rings (SSSR count). The fourth-order valence-electron chi connectivity index (χ4n) is 2.18. The van der Waals surface area contributed by atoms with E-state index in [1.54, 1.807) is 6.07 Å². The number of nitrogens with zero attached hydrogens (tertiary/aromatic N) is 1. The lowest BCUT2D eigenvalue weighted by molar-refractivity contribution is 0.0998. The molecule has 1 aromatic carbocycles. The Hall–Kier alpha value is -1.55. The molecular weight excluding hydrogens is 204 g/mol. The van der Waals surface area contributed by atoms with Gasteiger partial charge in [-0.05, 0) is 25.0 Å². The largest absolute Gasteiger partial charge is 0.507 e. The highest BCUT2D eigenvalue weighted by Crippen LogP contribution is 2.35. The van der Waals surface area contributed by atoms with Crippen molar-refractivity contribution < 1.29 is 9.90 Å². The molecule has 0 atom stereocenters. The van der Waals surface area contributed by atoms with Crippen LogP contribution in [-0.2, 0) is 6.42 Å². The maximum absolute atomic E-state index is 11.5. The number of aromatic hydroxyl groups is 1. The van der Waals surface area contributed by atoms with Crippen molar-refractivity contribution in [1.29, 1.82) is 0 Å². The second-order valence-corrected chi connectivity index (χ2v) is 4.11. The average molecular weight is 220 g/mol. The van der Waals surface area contributed by atoms with E-state index in [0.29, 0.717) is 5.56 Å². The van der Waals surface area contributed by atoms with Crippen LogP contribution in [0.2, 0.25) is 0 Å². The van der Waals surface area contributed by atoms with Gasteiger partial charge in [0.1, 0.15) is 5.75 Å². The molecule has 1 aromatic rings. The number of nitrogens with two attached hydrogens (primary N) is 1. The number of phenols is 1. The number of rotatable bonds is 2. The molecule has 4 nitrogen and oxygen atoms in total. The molecule has 1 aliphatic rings. The normalized spacial score (nSPS) is 14.8. The van der Waals surface area contributed by atoms with Gasteiger partial charge in [-0.2, -0.15) is 0 Å². The van der Waals surface area contributed by atoms with Gasteiger partial charge in [-0.25, -0.2) is 0 Å². The van der Waals surface area contributed by atoms with Crippen LogP contribution in [0.15, 0.2) is 12.1 Å². The summed E-state index contributed by atoms with van der Waals surface area (Å²) in [5, 5.41) is 10.1. The molecule has 0 spiro atoms. The van der Waals surface area contributed by atoms with Crippen molar-refractivity contribution in [2.75, 3.05) is 25.0 Å². The van der Waals surface area contributed by atoms with Crippen molar-refractivity contribution in [2.45, 2.75) is 12.8 Å². The van der Waals surface area contributed by atoms with Crippen LogP contribution in [0.25, 0.3) is 0 Å². The number of Topliss-reactive ketones (excluding diaryl/α,β-unsaturated/α-hetero) is 1. The van der Waals surface area contributed by atoms with Crippen molar-refractivity contribution in [3.63, 3.8) is 0 Å². The fourth-order valence-corrected chi connectivity index (χ4v) is 2.18. The zero-order valence-electron chi connectivity index (χ0n) is 9.36. The lowest BCUT2D eigenvalue weighted by atomic mass is 9.96. The van der Waals surface area contributed by atoms with Crippen LogP contribution in [0.3, 0.4) is 0 Å². The molecule has 0 aliphatic carbocycles. The number of ketones is 1. The van der Waals surface area contributed by atoms with Gasteiger partial charge < -0.3 is 15.7 Å². The minimum Gasteiger partial charge on any atom is -0.507 e. The number of fused-ring (bicyclic) bond motifs is 1. The number of benzene rings is 1. The third kappa shape index (κ3) is 1.65. The molecule has 3 N–H and O–H groups in total. The minimum absolute atomic E-state index is 0.0673. The number of carbonyl (C=O) groups excluding carboxylic acids is 1. The molecule has 0 bridgehead atoms. The first-order valence-electron chi connectivity index (χ1n) is 5.44. The first-order chi connectivity index (χ1) is 7.65. The molecular formula is C12H16N2O2. The molecule has 0 saturated heterocycles. The van der Waals surface area contributed by atoms with Crippen LogP contribution in [0, 0.1) is 0 Å². The summed E-state index contributed by atoms with van der Waals surface area (Å²) < 4.78 is 0. The lowest BCUT2D eigenvalue weighted by Crippen LogP contribution is -2.25. The molecule has 0 amide bonds. The number of hydrogen-bond donors (Lipinski definition) is 2. The van der Waals surface area contributed by atoms with Crippen LogP contribution in [-0.4, -0.2) is 31.0 Å². The Morgan fingerprint density at radius 1 is 1.56 bits per heavy atom. The smallest absolute Gasteiger partial charge is 0.180 e. The summed E-state index contributed by atoms with van der Waals surface area (Å²) in [5.41, 5.74) is 7.53. The summed E-state index contributed by atoms with van der Waals surface area (Å²) in [7, 11) is 1.99. The second kappa shape index (κ2) is 4.14. The first kappa shape index (κ1) is 11.0. The first-order valence-corrected chi connectivity index (χ1v) is 5.44. The zero-order chi connectivity index (χ0) is 11.7. The minimum atomic E-state index is -0.214. The number of carbonyl (C=O) groups is 1. The van der Waals surface area contributed by atoms with E-state index in [4.69, 9.17) is 5.73 Å². The predicted molar refractivity (Wildman–Crippen MR) is 63.1 cm³/mol. The molecule has 0 aromatic heterocycles. The Morgan fingerprint density at radius 3 is 3.00 bits per heavy atom. The topological polar surface area (TPSA) is 66.6 Å². The third-order valence-electron chi connectivity index (χ3n) is 3.08. The maximum Gasteiger partial charge on any atom is 0.180 e. The third-order valence-corrected chi connectivity index (χ3v) is 3.08. The van der Waals surface area contributed by atoms with Gasteiger partial charge in [0, 0.05) is 24.8 Å². The van der Waals surface area contributed by atoms with E-state index in [1.165, 1.54) is 0 Å². The Labute approximate surface area is 94.7 Å². The van der Waals surface area contributed by atoms with Gasteiger partial charge in [0.15, 0.2) is 5.78 Å². The summed E-state index contributed by atoms with van der Waals surface area (Å²) in [6.45, 7) is 0.915. The summed E-state index contributed by atoms with van der Waals surface area (Å²) in [6, 6.07) is 3.54. The van der Waals surface area contributed by atoms with Crippen LogP contribution < -0.4 is 10.6 Å². The Bertz CT molecular complexity index is 429. The van der Waals surface area contributed by atoms with E-state index >= 15 is 0 Å². The zero-order valence-corrected chi connectivity index (χ0v) is 9.36. The second-order valence-electron chi connectivity index (χ2n) is 4.11. The van der Waals surface area contributed by atoms with Gasteiger partial charge in [-0.15, -0.1) is 0 Å². The van der Waals surface area contributed by atoms with E-state index in [0.717, 1.165) is 30.6 Å². The van der Waals surface area contributed by atoms with Crippen molar-refractivity contribution in [3.8, 4) is 5.75 Å². The Kier molecular flexibility index (Phi) is 2.83. The molecule has 0 radical (unpaired) electrons. The maximum atomic E-state index is 11.5. The van der Waals surface area contributed by atoms with Crippen molar-refractivity contribution in [2.24, 2.45) is 5.73 Å². The molecule has 16 heavy (non-hydrogen) atoms.